The number of rotatable bonds is 3. The molecule has 1 aliphatic rings. The van der Waals surface area contributed by atoms with Crippen molar-refractivity contribution in [2.45, 2.75) is 13.8 Å². The number of urea groups is 1. The molecule has 2 aromatic carbocycles. The summed E-state index contributed by atoms with van der Waals surface area (Å²) in [5.74, 6) is -1.96. The number of aryl methyl sites for hydroxylation is 1. The van der Waals surface area contributed by atoms with Gasteiger partial charge < -0.3 is 4.74 Å². The number of halogens is 1. The van der Waals surface area contributed by atoms with E-state index in [1.807, 2.05) is 6.92 Å². The molecule has 1 N–H and O–H groups in total. The lowest BCUT2D eigenvalue weighted by Crippen LogP contribution is -2.54. The molecule has 0 saturated carbocycles. The summed E-state index contributed by atoms with van der Waals surface area (Å²) in [7, 11) is 0. The molecule has 0 aliphatic carbocycles. The van der Waals surface area contributed by atoms with Crippen molar-refractivity contribution in [3.05, 3.63) is 63.6 Å². The Labute approximate surface area is 169 Å². The molecule has 28 heavy (non-hydrogen) atoms. The summed E-state index contributed by atoms with van der Waals surface area (Å²) in [6.07, 6.45) is 1.29. The van der Waals surface area contributed by atoms with Gasteiger partial charge in [-0.3, -0.25) is 19.7 Å². The standard InChI is InChI=1S/C20H15BrN2O5/c1-11-3-6-15(7-4-11)23-19(26)16(18(25)22-20(23)27)10-13-9-14(21)5-8-17(13)28-12(2)24/h3-10H,1-2H3,(H,22,25,27)/b16-10-. The SMILES string of the molecule is CC(=O)Oc1ccc(Br)cc1/C=C1/C(=O)NC(=O)N(c2ccc(C)cc2)C1=O. The molecule has 0 aromatic heterocycles. The molecular weight excluding hydrogens is 428 g/mol. The maximum absolute atomic E-state index is 12.9. The lowest BCUT2D eigenvalue weighted by molar-refractivity contribution is -0.132. The number of barbiturate groups is 1. The first kappa shape index (κ1) is 19.5. The molecule has 2 aromatic rings. The van der Waals surface area contributed by atoms with Crippen molar-refractivity contribution in [2.75, 3.05) is 4.90 Å². The van der Waals surface area contributed by atoms with E-state index in [9.17, 15) is 19.2 Å². The minimum Gasteiger partial charge on any atom is -0.426 e. The van der Waals surface area contributed by atoms with Crippen molar-refractivity contribution >= 4 is 51.5 Å². The Bertz CT molecular complexity index is 1030. The molecule has 0 spiro atoms. The van der Waals surface area contributed by atoms with E-state index in [0.717, 1.165) is 10.5 Å². The zero-order chi connectivity index (χ0) is 20.4. The summed E-state index contributed by atoms with van der Waals surface area (Å²) in [5, 5.41) is 2.16. The van der Waals surface area contributed by atoms with E-state index >= 15 is 0 Å². The molecule has 1 saturated heterocycles. The molecule has 0 bridgehead atoms. The maximum atomic E-state index is 12.9. The molecule has 0 atom stereocenters. The van der Waals surface area contributed by atoms with E-state index in [4.69, 9.17) is 4.74 Å². The normalized spacial score (nSPS) is 15.6. The van der Waals surface area contributed by atoms with Crippen molar-refractivity contribution in [1.82, 2.24) is 5.32 Å². The number of carbonyl (C=O) groups excluding carboxylic acids is 4. The van der Waals surface area contributed by atoms with Crippen molar-refractivity contribution in [3.63, 3.8) is 0 Å². The van der Waals surface area contributed by atoms with E-state index in [0.29, 0.717) is 15.7 Å². The molecule has 0 radical (unpaired) electrons. The number of esters is 1. The van der Waals surface area contributed by atoms with E-state index in [2.05, 4.69) is 21.2 Å². The number of anilines is 1. The summed E-state index contributed by atoms with van der Waals surface area (Å²) in [6, 6.07) is 10.7. The Hall–Kier alpha value is -3.26. The van der Waals surface area contributed by atoms with Crippen LogP contribution in [-0.4, -0.2) is 23.8 Å². The molecule has 1 fully saturated rings. The largest absolute Gasteiger partial charge is 0.426 e. The summed E-state index contributed by atoms with van der Waals surface area (Å²) in [4.78, 5) is 49.7. The third-order valence-electron chi connectivity index (χ3n) is 3.92. The summed E-state index contributed by atoms with van der Waals surface area (Å²) >= 11 is 3.30. The number of nitrogens with one attached hydrogen (secondary N) is 1. The fraction of sp³-hybridized carbons (Fsp3) is 0.100. The van der Waals surface area contributed by atoms with Gasteiger partial charge in [0.05, 0.1) is 5.69 Å². The smallest absolute Gasteiger partial charge is 0.335 e. The fourth-order valence-electron chi connectivity index (χ4n) is 2.62. The van der Waals surface area contributed by atoms with Gasteiger partial charge in [-0.1, -0.05) is 33.6 Å². The highest BCUT2D eigenvalue weighted by Crippen LogP contribution is 2.28. The third-order valence-corrected chi connectivity index (χ3v) is 4.41. The van der Waals surface area contributed by atoms with E-state index in [1.165, 1.54) is 19.1 Å². The second-order valence-corrected chi connectivity index (χ2v) is 6.98. The van der Waals surface area contributed by atoms with Crippen LogP contribution in [0.5, 0.6) is 5.75 Å². The van der Waals surface area contributed by atoms with E-state index < -0.39 is 23.8 Å². The number of benzene rings is 2. The quantitative estimate of drug-likeness (QED) is 0.340. The van der Waals surface area contributed by atoms with Crippen molar-refractivity contribution in [1.29, 1.82) is 0 Å². The van der Waals surface area contributed by atoms with Gasteiger partial charge in [-0.15, -0.1) is 0 Å². The van der Waals surface area contributed by atoms with Crippen LogP contribution < -0.4 is 15.0 Å². The van der Waals surface area contributed by atoms with Gasteiger partial charge in [0.25, 0.3) is 11.8 Å². The van der Waals surface area contributed by atoms with E-state index in [-0.39, 0.29) is 11.3 Å². The minimum atomic E-state index is -0.828. The van der Waals surface area contributed by atoms with Gasteiger partial charge in [-0.2, -0.15) is 0 Å². The monoisotopic (exact) mass is 442 g/mol. The molecule has 1 aliphatic heterocycles. The van der Waals surface area contributed by atoms with Gasteiger partial charge in [0.15, 0.2) is 0 Å². The average Bonchev–Trinajstić information content (AvgIpc) is 2.62. The van der Waals surface area contributed by atoms with Gasteiger partial charge in [-0.25, -0.2) is 9.69 Å². The molecule has 1 heterocycles. The first-order valence-corrected chi connectivity index (χ1v) is 9.01. The van der Waals surface area contributed by atoms with Gasteiger partial charge in [-0.05, 0) is 43.3 Å². The predicted octanol–water partition coefficient (Wildman–Crippen LogP) is 3.35. The summed E-state index contributed by atoms with van der Waals surface area (Å²) in [6.45, 7) is 3.12. The number of hydrogen-bond acceptors (Lipinski definition) is 5. The predicted molar refractivity (Wildman–Crippen MR) is 106 cm³/mol. The topological polar surface area (TPSA) is 92.8 Å². The summed E-state index contributed by atoms with van der Waals surface area (Å²) in [5.41, 5.74) is 1.37. The minimum absolute atomic E-state index is 0.183. The van der Waals surface area contributed by atoms with Crippen LogP contribution in [0.15, 0.2) is 52.5 Å². The van der Waals surface area contributed by atoms with Crippen LogP contribution in [0, 0.1) is 6.92 Å². The van der Waals surface area contributed by atoms with Crippen LogP contribution in [-0.2, 0) is 14.4 Å². The number of carbonyl (C=O) groups is 4. The van der Waals surface area contributed by atoms with Crippen molar-refractivity contribution < 1.29 is 23.9 Å². The highest BCUT2D eigenvalue weighted by Gasteiger charge is 2.37. The molecule has 7 nitrogen and oxygen atoms in total. The number of hydrogen-bond donors (Lipinski definition) is 1. The Morgan fingerprint density at radius 1 is 1.11 bits per heavy atom. The third kappa shape index (κ3) is 4.01. The first-order chi connectivity index (χ1) is 13.3. The van der Waals surface area contributed by atoms with Crippen LogP contribution in [0.25, 0.3) is 6.08 Å². The van der Waals surface area contributed by atoms with Gasteiger partial charge in [0.2, 0.25) is 0 Å². The number of ether oxygens (including phenoxy) is 1. The number of nitrogens with zero attached hydrogens (tertiary/aromatic N) is 1. The van der Waals surface area contributed by atoms with Crippen molar-refractivity contribution in [3.8, 4) is 5.75 Å². The average molecular weight is 443 g/mol. The molecule has 142 valence electrons. The van der Waals surface area contributed by atoms with Gasteiger partial charge >= 0.3 is 12.0 Å². The molecule has 8 heteroatoms. The van der Waals surface area contributed by atoms with Gasteiger partial charge in [0, 0.05) is 17.0 Å². The zero-order valence-electron chi connectivity index (χ0n) is 15.0. The highest BCUT2D eigenvalue weighted by atomic mass is 79.9. The van der Waals surface area contributed by atoms with Crippen LogP contribution in [0.1, 0.15) is 18.1 Å². The Kier molecular flexibility index (Phi) is 5.41. The summed E-state index contributed by atoms with van der Waals surface area (Å²) < 4.78 is 5.79. The highest BCUT2D eigenvalue weighted by molar-refractivity contribution is 9.10. The Morgan fingerprint density at radius 3 is 2.43 bits per heavy atom. The van der Waals surface area contributed by atoms with Crippen molar-refractivity contribution in [2.24, 2.45) is 0 Å². The fourth-order valence-corrected chi connectivity index (χ4v) is 3.00. The molecule has 3 rings (SSSR count). The second kappa shape index (κ2) is 7.77. The molecule has 0 unspecified atom stereocenters. The lowest BCUT2D eigenvalue weighted by atomic mass is 10.1. The Morgan fingerprint density at radius 2 is 1.79 bits per heavy atom. The molecule has 4 amide bonds. The number of amides is 4. The Balaban J connectivity index is 2.06. The maximum Gasteiger partial charge on any atom is 0.335 e. The van der Waals surface area contributed by atoms with Crippen LogP contribution in [0.3, 0.4) is 0 Å². The van der Waals surface area contributed by atoms with E-state index in [1.54, 1.807) is 36.4 Å². The number of imide groups is 2. The van der Waals surface area contributed by atoms with Crippen LogP contribution in [0.2, 0.25) is 0 Å². The van der Waals surface area contributed by atoms with Gasteiger partial charge in [0.1, 0.15) is 11.3 Å². The second-order valence-electron chi connectivity index (χ2n) is 6.07. The van der Waals surface area contributed by atoms with Crippen LogP contribution in [0.4, 0.5) is 10.5 Å². The lowest BCUT2D eigenvalue weighted by Gasteiger charge is -2.26. The zero-order valence-corrected chi connectivity index (χ0v) is 16.6. The van der Waals surface area contributed by atoms with Crippen LogP contribution >= 0.6 is 15.9 Å². The first-order valence-electron chi connectivity index (χ1n) is 8.22. The molecular formula is C20H15BrN2O5.